The van der Waals surface area contributed by atoms with Crippen LogP contribution in [0.2, 0.25) is 0 Å². The number of carbonyl (C=O) groups is 1. The van der Waals surface area contributed by atoms with Gasteiger partial charge >= 0.3 is 5.97 Å². The normalized spacial score (nSPS) is 10.1. The molecular formula is C19H18N4O4. The fraction of sp³-hybridized carbons (Fsp3) is 0.105. The van der Waals surface area contributed by atoms with E-state index in [0.29, 0.717) is 22.9 Å². The Hall–Kier alpha value is -3.81. The topological polar surface area (TPSA) is 106 Å². The SMILES string of the molecule is COc1ccc(Nc2nc(Nc3ccccc3OC)ncc2C(=O)O)cc1. The number of rotatable bonds is 7. The molecule has 3 rings (SSSR count). The van der Waals surface area contributed by atoms with E-state index < -0.39 is 5.97 Å². The molecule has 0 spiro atoms. The minimum atomic E-state index is -1.13. The molecule has 0 bridgehead atoms. The molecular weight excluding hydrogens is 348 g/mol. The summed E-state index contributed by atoms with van der Waals surface area (Å²) in [5.74, 6) is 0.587. The van der Waals surface area contributed by atoms with Crippen molar-refractivity contribution in [2.75, 3.05) is 24.9 Å². The molecule has 3 N–H and O–H groups in total. The molecule has 0 aliphatic carbocycles. The van der Waals surface area contributed by atoms with Crippen LogP contribution in [0, 0.1) is 0 Å². The molecule has 8 heteroatoms. The van der Waals surface area contributed by atoms with E-state index in [4.69, 9.17) is 9.47 Å². The molecule has 2 aromatic carbocycles. The lowest BCUT2D eigenvalue weighted by Gasteiger charge is -2.13. The van der Waals surface area contributed by atoms with E-state index >= 15 is 0 Å². The van der Waals surface area contributed by atoms with E-state index in [9.17, 15) is 9.90 Å². The third-order valence-corrected chi connectivity index (χ3v) is 3.73. The lowest BCUT2D eigenvalue weighted by Crippen LogP contribution is -2.08. The second kappa shape index (κ2) is 8.05. The van der Waals surface area contributed by atoms with E-state index in [1.54, 1.807) is 44.6 Å². The standard InChI is InChI=1S/C19H18N4O4/c1-26-13-9-7-12(8-10-13)21-17-14(18(24)25)11-20-19(23-17)22-15-5-3-4-6-16(15)27-2/h3-11H,1-2H3,(H,24,25)(H2,20,21,22,23). The fourth-order valence-corrected chi connectivity index (χ4v) is 2.37. The van der Waals surface area contributed by atoms with Crippen LogP contribution in [0.25, 0.3) is 0 Å². The van der Waals surface area contributed by atoms with Crippen LogP contribution in [0.5, 0.6) is 11.5 Å². The van der Waals surface area contributed by atoms with E-state index in [2.05, 4.69) is 20.6 Å². The van der Waals surface area contributed by atoms with Gasteiger partial charge in [-0.05, 0) is 36.4 Å². The van der Waals surface area contributed by atoms with Crippen LogP contribution in [0.4, 0.5) is 23.1 Å². The number of carboxylic acid groups (broad SMARTS) is 1. The number of nitrogens with one attached hydrogen (secondary N) is 2. The van der Waals surface area contributed by atoms with Gasteiger partial charge in [0.2, 0.25) is 5.95 Å². The predicted octanol–water partition coefficient (Wildman–Crippen LogP) is 3.68. The largest absolute Gasteiger partial charge is 0.497 e. The van der Waals surface area contributed by atoms with Crippen LogP contribution >= 0.6 is 0 Å². The Labute approximate surface area is 155 Å². The van der Waals surface area contributed by atoms with Gasteiger partial charge in [-0.25, -0.2) is 9.78 Å². The first-order valence-electron chi connectivity index (χ1n) is 8.02. The highest BCUT2D eigenvalue weighted by Gasteiger charge is 2.15. The highest BCUT2D eigenvalue weighted by molar-refractivity contribution is 5.94. The van der Waals surface area contributed by atoms with Crippen molar-refractivity contribution in [2.45, 2.75) is 0 Å². The van der Waals surface area contributed by atoms with Gasteiger partial charge in [-0.2, -0.15) is 4.98 Å². The lowest BCUT2D eigenvalue weighted by molar-refractivity contribution is 0.0697. The summed E-state index contributed by atoms with van der Waals surface area (Å²) >= 11 is 0. The summed E-state index contributed by atoms with van der Waals surface area (Å²) in [5, 5.41) is 15.4. The molecule has 0 atom stereocenters. The first-order valence-corrected chi connectivity index (χ1v) is 8.02. The van der Waals surface area contributed by atoms with Crippen LogP contribution in [-0.4, -0.2) is 35.3 Å². The van der Waals surface area contributed by atoms with Crippen molar-refractivity contribution in [1.29, 1.82) is 0 Å². The summed E-state index contributed by atoms with van der Waals surface area (Å²) in [6.07, 6.45) is 1.25. The maximum Gasteiger partial charge on any atom is 0.341 e. The zero-order chi connectivity index (χ0) is 19.2. The van der Waals surface area contributed by atoms with Crippen molar-refractivity contribution in [2.24, 2.45) is 0 Å². The molecule has 27 heavy (non-hydrogen) atoms. The summed E-state index contributed by atoms with van der Waals surface area (Å²) in [6, 6.07) is 14.3. The number of methoxy groups -OCH3 is 2. The van der Waals surface area contributed by atoms with E-state index in [1.165, 1.54) is 6.20 Å². The summed E-state index contributed by atoms with van der Waals surface area (Å²) in [5.41, 5.74) is 1.29. The predicted molar refractivity (Wildman–Crippen MR) is 102 cm³/mol. The van der Waals surface area contributed by atoms with Gasteiger partial charge in [0.15, 0.2) is 5.82 Å². The number of nitrogens with zero attached hydrogens (tertiary/aromatic N) is 2. The van der Waals surface area contributed by atoms with Gasteiger partial charge in [-0.3, -0.25) is 0 Å². The van der Waals surface area contributed by atoms with E-state index in [1.807, 2.05) is 18.2 Å². The molecule has 1 aromatic heterocycles. The summed E-state index contributed by atoms with van der Waals surface area (Å²) < 4.78 is 10.4. The Morgan fingerprint density at radius 2 is 1.74 bits per heavy atom. The molecule has 0 amide bonds. The van der Waals surface area contributed by atoms with E-state index in [-0.39, 0.29) is 17.3 Å². The Morgan fingerprint density at radius 1 is 1.00 bits per heavy atom. The number of aromatic nitrogens is 2. The molecule has 0 aliphatic heterocycles. The van der Waals surface area contributed by atoms with Crippen molar-refractivity contribution >= 4 is 29.1 Å². The number of carboxylic acids is 1. The third-order valence-electron chi connectivity index (χ3n) is 3.73. The minimum Gasteiger partial charge on any atom is -0.497 e. The van der Waals surface area contributed by atoms with Crippen molar-refractivity contribution in [3.63, 3.8) is 0 Å². The quantitative estimate of drug-likeness (QED) is 0.581. The minimum absolute atomic E-state index is 0.0450. The van der Waals surface area contributed by atoms with Gasteiger partial charge in [-0.15, -0.1) is 0 Å². The number of benzene rings is 2. The number of hydrogen-bond donors (Lipinski definition) is 3. The molecule has 3 aromatic rings. The molecule has 0 aliphatic rings. The summed E-state index contributed by atoms with van der Waals surface area (Å²) in [6.45, 7) is 0. The molecule has 0 radical (unpaired) electrons. The highest BCUT2D eigenvalue weighted by atomic mass is 16.5. The maximum atomic E-state index is 11.5. The fourth-order valence-electron chi connectivity index (χ4n) is 2.37. The number of aromatic carboxylic acids is 1. The molecule has 0 fully saturated rings. The first-order chi connectivity index (χ1) is 13.1. The Balaban J connectivity index is 1.91. The van der Waals surface area contributed by atoms with Gasteiger partial charge in [-0.1, -0.05) is 12.1 Å². The Kier molecular flexibility index (Phi) is 5.36. The van der Waals surface area contributed by atoms with Crippen LogP contribution in [0.15, 0.2) is 54.7 Å². The number of para-hydroxylation sites is 2. The molecule has 138 valence electrons. The third kappa shape index (κ3) is 4.24. The number of ether oxygens (including phenoxy) is 2. The first kappa shape index (κ1) is 18.0. The lowest BCUT2D eigenvalue weighted by atomic mass is 10.2. The molecule has 0 saturated carbocycles. The summed E-state index contributed by atoms with van der Waals surface area (Å²) in [4.78, 5) is 19.9. The highest BCUT2D eigenvalue weighted by Crippen LogP contribution is 2.27. The van der Waals surface area contributed by atoms with Gasteiger partial charge in [0, 0.05) is 11.9 Å². The van der Waals surface area contributed by atoms with Crippen LogP contribution in [0.1, 0.15) is 10.4 Å². The van der Waals surface area contributed by atoms with E-state index in [0.717, 1.165) is 0 Å². The molecule has 8 nitrogen and oxygen atoms in total. The van der Waals surface area contributed by atoms with Crippen LogP contribution < -0.4 is 20.1 Å². The average molecular weight is 366 g/mol. The molecule has 0 saturated heterocycles. The van der Waals surface area contributed by atoms with Gasteiger partial charge in [0.25, 0.3) is 0 Å². The zero-order valence-corrected chi connectivity index (χ0v) is 14.8. The zero-order valence-electron chi connectivity index (χ0n) is 14.8. The van der Waals surface area contributed by atoms with Crippen molar-refractivity contribution in [1.82, 2.24) is 9.97 Å². The second-order valence-electron chi connectivity index (χ2n) is 5.44. The molecule has 0 unspecified atom stereocenters. The van der Waals surface area contributed by atoms with Crippen LogP contribution in [0.3, 0.4) is 0 Å². The Bertz CT molecular complexity index is 945. The van der Waals surface area contributed by atoms with Gasteiger partial charge < -0.3 is 25.2 Å². The van der Waals surface area contributed by atoms with Crippen molar-refractivity contribution in [3.05, 3.63) is 60.3 Å². The second-order valence-corrected chi connectivity index (χ2v) is 5.44. The van der Waals surface area contributed by atoms with Crippen molar-refractivity contribution in [3.8, 4) is 11.5 Å². The number of hydrogen-bond acceptors (Lipinski definition) is 7. The average Bonchev–Trinajstić information content (AvgIpc) is 2.69. The maximum absolute atomic E-state index is 11.5. The molecule has 1 heterocycles. The van der Waals surface area contributed by atoms with Gasteiger partial charge in [0.1, 0.15) is 17.1 Å². The number of anilines is 4. The van der Waals surface area contributed by atoms with Crippen molar-refractivity contribution < 1.29 is 19.4 Å². The van der Waals surface area contributed by atoms with Gasteiger partial charge in [0.05, 0.1) is 19.9 Å². The van der Waals surface area contributed by atoms with Crippen LogP contribution in [-0.2, 0) is 0 Å². The smallest absolute Gasteiger partial charge is 0.341 e. The monoisotopic (exact) mass is 366 g/mol. The summed E-state index contributed by atoms with van der Waals surface area (Å²) in [7, 11) is 3.14. The Morgan fingerprint density at radius 3 is 2.41 bits per heavy atom.